The minimum absolute atomic E-state index is 0.0151. The first-order chi connectivity index (χ1) is 18.4. The highest BCUT2D eigenvalue weighted by Gasteiger charge is 2.63. The Morgan fingerprint density at radius 1 is 1.15 bits per heavy atom. The first kappa shape index (κ1) is 33.2. The lowest BCUT2D eigenvalue weighted by molar-refractivity contribution is -0.251. The number of allylic oxidation sites excluding steroid dienone is 7. The average molecular weight is 614 g/mol. The molecule has 220 valence electrons. The molecule has 0 saturated heterocycles. The number of amides is 2. The fourth-order valence-corrected chi connectivity index (χ4v) is 4.04. The number of oxime groups is 1. The molecule has 0 saturated carbocycles. The van der Waals surface area contributed by atoms with Gasteiger partial charge in [0.25, 0.3) is 11.5 Å². The van der Waals surface area contributed by atoms with Crippen molar-refractivity contribution in [3.05, 3.63) is 69.8 Å². The van der Waals surface area contributed by atoms with Gasteiger partial charge in [-0.2, -0.15) is 26.3 Å². The summed E-state index contributed by atoms with van der Waals surface area (Å²) in [6.07, 6.45) is -2.16. The fraction of sp³-hybridized carbons (Fsp3) is 0.423. The molecule has 0 fully saturated rings. The van der Waals surface area contributed by atoms with Crippen LogP contribution in [0, 0.1) is 5.92 Å². The molecule has 2 amide bonds. The molecular formula is C26H27Cl2F6N3O3. The zero-order chi connectivity index (χ0) is 30.3. The number of halogens is 8. The van der Waals surface area contributed by atoms with Gasteiger partial charge in [-0.05, 0) is 43.1 Å². The van der Waals surface area contributed by atoms with Crippen molar-refractivity contribution in [2.75, 3.05) is 13.1 Å². The molecule has 14 heteroatoms. The molecule has 1 heterocycles. The number of rotatable bonds is 10. The highest BCUT2D eigenvalue weighted by atomic mass is 35.5. The quantitative estimate of drug-likeness (QED) is 0.167. The smallest absolute Gasteiger partial charge is 0.374 e. The third-order valence-electron chi connectivity index (χ3n) is 5.59. The van der Waals surface area contributed by atoms with Gasteiger partial charge in [-0.1, -0.05) is 60.1 Å². The molecule has 0 radical (unpaired) electrons. The van der Waals surface area contributed by atoms with Crippen molar-refractivity contribution < 1.29 is 40.8 Å². The van der Waals surface area contributed by atoms with E-state index in [0.717, 1.165) is 12.2 Å². The first-order valence-electron chi connectivity index (χ1n) is 11.9. The monoisotopic (exact) mass is 613 g/mol. The van der Waals surface area contributed by atoms with E-state index in [0.29, 0.717) is 5.57 Å². The second kappa shape index (κ2) is 13.6. The Balaban J connectivity index is 2.10. The van der Waals surface area contributed by atoms with Crippen LogP contribution < -0.4 is 10.6 Å². The molecule has 2 N–H and O–H groups in total. The summed E-state index contributed by atoms with van der Waals surface area (Å²) in [4.78, 5) is 29.1. The van der Waals surface area contributed by atoms with Crippen LogP contribution in [0.1, 0.15) is 33.1 Å². The van der Waals surface area contributed by atoms with E-state index in [2.05, 4.69) is 17.1 Å². The maximum absolute atomic E-state index is 14.4. The van der Waals surface area contributed by atoms with Crippen molar-refractivity contribution >= 4 is 40.7 Å². The number of nitrogens with one attached hydrogen (secondary N) is 2. The Morgan fingerprint density at radius 3 is 2.40 bits per heavy atom. The Kier molecular flexibility index (Phi) is 11.3. The van der Waals surface area contributed by atoms with Gasteiger partial charge in [-0.3, -0.25) is 9.59 Å². The highest BCUT2D eigenvalue weighted by molar-refractivity contribution is 6.31. The Labute approximate surface area is 237 Å². The lowest BCUT2D eigenvalue weighted by Gasteiger charge is -2.30. The van der Waals surface area contributed by atoms with Crippen LogP contribution in [0.15, 0.2) is 75.0 Å². The van der Waals surface area contributed by atoms with E-state index in [9.17, 15) is 35.9 Å². The van der Waals surface area contributed by atoms with E-state index in [1.54, 1.807) is 24.4 Å². The summed E-state index contributed by atoms with van der Waals surface area (Å²) in [5.74, 6) is -1.73. The molecule has 2 rings (SSSR count). The van der Waals surface area contributed by atoms with Gasteiger partial charge in [0, 0.05) is 40.6 Å². The molecule has 40 heavy (non-hydrogen) atoms. The second-order valence-electron chi connectivity index (χ2n) is 9.10. The van der Waals surface area contributed by atoms with Gasteiger partial charge in [-0.25, -0.2) is 0 Å². The van der Waals surface area contributed by atoms with Crippen LogP contribution in [-0.4, -0.2) is 48.6 Å². The summed E-state index contributed by atoms with van der Waals surface area (Å²) >= 11 is 11.6. The molecule has 2 atom stereocenters. The fourth-order valence-electron chi connectivity index (χ4n) is 3.81. The molecule has 0 aromatic rings. The molecule has 6 nitrogen and oxygen atoms in total. The molecular weight excluding hydrogens is 587 g/mol. The second-order valence-corrected chi connectivity index (χ2v) is 10.2. The van der Waals surface area contributed by atoms with Gasteiger partial charge in [0.1, 0.15) is 6.54 Å². The molecule has 2 unspecified atom stereocenters. The molecule has 0 aromatic heterocycles. The summed E-state index contributed by atoms with van der Waals surface area (Å²) in [5, 5.41) is 7.91. The van der Waals surface area contributed by atoms with Crippen molar-refractivity contribution in [2.45, 2.75) is 51.1 Å². The Hall–Kier alpha value is -2.99. The Morgan fingerprint density at radius 2 is 1.82 bits per heavy atom. The zero-order valence-electron chi connectivity index (χ0n) is 21.5. The van der Waals surface area contributed by atoms with Crippen LogP contribution in [0.3, 0.4) is 0 Å². The SMILES string of the molecule is C=C(Cl)/C=C(\C=C(/C)Cl)C1(C(F)(F)F)CC(C2=CC(C)C=C(C(=O)NCCCC(=O)NCC(F)(F)F)C=C2)=NO1. The number of carbonyl (C=O) groups excluding carboxylic acids is 2. The predicted octanol–water partition coefficient (Wildman–Crippen LogP) is 6.52. The summed E-state index contributed by atoms with van der Waals surface area (Å²) in [7, 11) is 0. The van der Waals surface area contributed by atoms with Crippen LogP contribution in [0.25, 0.3) is 0 Å². The number of hydrogen-bond acceptors (Lipinski definition) is 4. The van der Waals surface area contributed by atoms with Crippen LogP contribution in [0.2, 0.25) is 0 Å². The van der Waals surface area contributed by atoms with E-state index >= 15 is 0 Å². The topological polar surface area (TPSA) is 79.8 Å². The standard InChI is InChI=1S/C26H27Cl2F6N3O3/c1-15-9-18(6-7-19(10-15)23(39)35-8-4-5-22(38)36-14-25(29,30)31)21-13-24(40-37-21,26(32,33)34)20(11-16(2)27)12-17(3)28/h6-7,9-12,15H,2,4-5,8,13-14H2,1,3H3,(H,35,39)(H,36,38)/b17-12+,20-11+. The summed E-state index contributed by atoms with van der Waals surface area (Å²) < 4.78 is 79.6. The minimum Gasteiger partial charge on any atom is -0.374 e. The van der Waals surface area contributed by atoms with E-state index in [1.165, 1.54) is 19.1 Å². The first-order valence-corrected chi connectivity index (χ1v) is 12.6. The largest absolute Gasteiger partial charge is 0.435 e. The zero-order valence-corrected chi connectivity index (χ0v) is 23.0. The molecule has 0 spiro atoms. The lowest BCUT2D eigenvalue weighted by Crippen LogP contribution is -2.47. The highest BCUT2D eigenvalue weighted by Crippen LogP contribution is 2.47. The van der Waals surface area contributed by atoms with Gasteiger partial charge in [0.05, 0.1) is 5.71 Å². The molecule has 0 aromatic carbocycles. The van der Waals surface area contributed by atoms with Crippen LogP contribution in [0.4, 0.5) is 26.3 Å². The molecule has 1 aliphatic heterocycles. The minimum atomic E-state index is -4.91. The van der Waals surface area contributed by atoms with Crippen molar-refractivity contribution in [3.8, 4) is 0 Å². The summed E-state index contributed by atoms with van der Waals surface area (Å²) in [5.41, 5.74) is -2.79. The van der Waals surface area contributed by atoms with Gasteiger partial charge in [0.15, 0.2) is 0 Å². The van der Waals surface area contributed by atoms with Gasteiger partial charge >= 0.3 is 12.4 Å². The lowest BCUT2D eigenvalue weighted by atomic mass is 9.85. The van der Waals surface area contributed by atoms with Gasteiger partial charge < -0.3 is 15.5 Å². The molecule has 1 aliphatic carbocycles. The molecule has 0 bridgehead atoms. The maximum atomic E-state index is 14.4. The van der Waals surface area contributed by atoms with E-state index in [-0.39, 0.29) is 46.3 Å². The molecule has 2 aliphatic rings. The summed E-state index contributed by atoms with van der Waals surface area (Å²) in [6, 6.07) is 0. The predicted molar refractivity (Wildman–Crippen MR) is 140 cm³/mol. The average Bonchev–Trinajstić information content (AvgIpc) is 3.18. The number of carbonyl (C=O) groups is 2. The van der Waals surface area contributed by atoms with E-state index in [4.69, 9.17) is 28.0 Å². The third-order valence-corrected chi connectivity index (χ3v) is 5.81. The normalized spacial score (nSPS) is 22.1. The number of hydrogen-bond donors (Lipinski definition) is 2. The van der Waals surface area contributed by atoms with Crippen LogP contribution >= 0.6 is 23.2 Å². The van der Waals surface area contributed by atoms with Crippen LogP contribution in [0.5, 0.6) is 0 Å². The van der Waals surface area contributed by atoms with E-state index in [1.807, 2.05) is 0 Å². The van der Waals surface area contributed by atoms with Gasteiger partial charge in [-0.15, -0.1) is 0 Å². The van der Waals surface area contributed by atoms with Gasteiger partial charge in [0.2, 0.25) is 5.91 Å². The number of nitrogens with zero attached hydrogens (tertiary/aromatic N) is 1. The third kappa shape index (κ3) is 9.58. The van der Waals surface area contributed by atoms with Crippen molar-refractivity contribution in [3.63, 3.8) is 0 Å². The number of alkyl halides is 6. The van der Waals surface area contributed by atoms with Crippen molar-refractivity contribution in [1.82, 2.24) is 10.6 Å². The summed E-state index contributed by atoms with van der Waals surface area (Å²) in [6.45, 7) is 5.10. The maximum Gasteiger partial charge on any atom is 0.435 e. The van der Waals surface area contributed by atoms with E-state index < -0.39 is 48.7 Å². The van der Waals surface area contributed by atoms with Crippen molar-refractivity contribution in [2.24, 2.45) is 11.1 Å². The Bertz CT molecular complexity index is 1190. The van der Waals surface area contributed by atoms with Crippen molar-refractivity contribution in [1.29, 1.82) is 0 Å². The van der Waals surface area contributed by atoms with Crippen LogP contribution in [-0.2, 0) is 14.4 Å².